The highest BCUT2D eigenvalue weighted by Gasteiger charge is 2.29. The molecule has 0 unspecified atom stereocenters. The fourth-order valence-electron chi connectivity index (χ4n) is 3.42. The van der Waals surface area contributed by atoms with Crippen LogP contribution in [0.5, 0.6) is 5.75 Å². The van der Waals surface area contributed by atoms with Gasteiger partial charge in [-0.25, -0.2) is 9.18 Å². The van der Waals surface area contributed by atoms with Gasteiger partial charge in [-0.05, 0) is 45.7 Å². The number of likely N-dealkylation sites (tertiary alicyclic amines) is 1. The standard InChI is InChI=1S/C22H28FN5O5/c1-22(2,3)33-21(31)28-10-8-13(9-11-28)25-20(30)18-15(12-24-27-18)26-19(29)17-14(23)6-5-7-16(17)32-4/h5-7,12-13H,8-11H2,1-4H3,(H,24,27)(H,25,30)(H,26,29). The first-order valence-electron chi connectivity index (χ1n) is 10.6. The third-order valence-corrected chi connectivity index (χ3v) is 5.01. The summed E-state index contributed by atoms with van der Waals surface area (Å²) in [7, 11) is 1.33. The molecule has 0 spiro atoms. The second kappa shape index (κ2) is 9.88. The van der Waals surface area contributed by atoms with Crippen LogP contribution in [-0.2, 0) is 4.74 Å². The van der Waals surface area contributed by atoms with Gasteiger partial charge < -0.3 is 25.0 Å². The van der Waals surface area contributed by atoms with Gasteiger partial charge >= 0.3 is 6.09 Å². The Hall–Kier alpha value is -3.63. The number of rotatable bonds is 5. The molecule has 0 atom stereocenters. The SMILES string of the molecule is COc1cccc(F)c1C(=O)Nc1c[nH]nc1C(=O)NC1CCN(C(=O)OC(C)(C)C)CC1. The minimum Gasteiger partial charge on any atom is -0.496 e. The van der Waals surface area contributed by atoms with E-state index in [0.29, 0.717) is 25.9 Å². The van der Waals surface area contributed by atoms with Gasteiger partial charge in [-0.15, -0.1) is 0 Å². The largest absolute Gasteiger partial charge is 0.496 e. The van der Waals surface area contributed by atoms with E-state index < -0.39 is 23.2 Å². The molecule has 178 valence electrons. The summed E-state index contributed by atoms with van der Waals surface area (Å²) in [6.07, 6.45) is 2.05. The summed E-state index contributed by atoms with van der Waals surface area (Å²) in [5, 5.41) is 11.8. The van der Waals surface area contributed by atoms with E-state index >= 15 is 0 Å². The number of halogens is 1. The van der Waals surface area contributed by atoms with Gasteiger partial charge in [0.2, 0.25) is 0 Å². The predicted molar refractivity (Wildman–Crippen MR) is 118 cm³/mol. The van der Waals surface area contributed by atoms with Gasteiger partial charge in [0.25, 0.3) is 11.8 Å². The van der Waals surface area contributed by atoms with Crippen LogP contribution in [0.15, 0.2) is 24.4 Å². The number of benzene rings is 1. The Bertz CT molecular complexity index is 1020. The van der Waals surface area contributed by atoms with E-state index in [2.05, 4.69) is 20.8 Å². The number of aromatic amines is 1. The molecule has 3 rings (SSSR count). The van der Waals surface area contributed by atoms with Gasteiger partial charge in [0.05, 0.1) is 12.8 Å². The summed E-state index contributed by atoms with van der Waals surface area (Å²) >= 11 is 0. The average molecular weight is 461 g/mol. The molecule has 1 aromatic heterocycles. The van der Waals surface area contributed by atoms with Crippen molar-refractivity contribution < 1.29 is 28.2 Å². The predicted octanol–water partition coefficient (Wildman–Crippen LogP) is 2.94. The Labute approximate surface area is 190 Å². The van der Waals surface area contributed by atoms with Crippen molar-refractivity contribution >= 4 is 23.6 Å². The third-order valence-electron chi connectivity index (χ3n) is 5.01. The number of carbonyl (C=O) groups is 3. The molecule has 0 aliphatic carbocycles. The minimum atomic E-state index is -0.772. The molecule has 2 aromatic rings. The molecule has 0 radical (unpaired) electrons. The highest BCUT2D eigenvalue weighted by Crippen LogP contribution is 2.23. The van der Waals surface area contributed by atoms with E-state index in [0.717, 1.165) is 6.07 Å². The van der Waals surface area contributed by atoms with Crippen molar-refractivity contribution in [2.45, 2.75) is 45.3 Å². The van der Waals surface area contributed by atoms with Crippen LogP contribution in [0.2, 0.25) is 0 Å². The molecule has 1 aliphatic rings. The van der Waals surface area contributed by atoms with Crippen molar-refractivity contribution in [2.75, 3.05) is 25.5 Å². The van der Waals surface area contributed by atoms with E-state index in [1.807, 2.05) is 0 Å². The maximum atomic E-state index is 14.2. The number of amides is 3. The fourth-order valence-corrected chi connectivity index (χ4v) is 3.42. The molecule has 2 heterocycles. The van der Waals surface area contributed by atoms with Crippen molar-refractivity contribution in [3.05, 3.63) is 41.5 Å². The van der Waals surface area contributed by atoms with Crippen LogP contribution in [0.25, 0.3) is 0 Å². The van der Waals surface area contributed by atoms with E-state index in [-0.39, 0.29) is 34.8 Å². The van der Waals surface area contributed by atoms with Crippen molar-refractivity contribution in [3.63, 3.8) is 0 Å². The Morgan fingerprint density at radius 3 is 2.52 bits per heavy atom. The first-order valence-corrected chi connectivity index (χ1v) is 10.6. The third kappa shape index (κ3) is 5.99. The fraction of sp³-hybridized carbons (Fsp3) is 0.455. The minimum absolute atomic E-state index is 0.0340. The van der Waals surface area contributed by atoms with E-state index in [9.17, 15) is 18.8 Å². The van der Waals surface area contributed by atoms with Gasteiger partial charge in [-0.3, -0.25) is 14.7 Å². The number of nitrogens with zero attached hydrogens (tertiary/aromatic N) is 2. The zero-order valence-corrected chi connectivity index (χ0v) is 19.0. The lowest BCUT2D eigenvalue weighted by Crippen LogP contribution is -2.47. The van der Waals surface area contributed by atoms with Gasteiger partial charge in [0, 0.05) is 25.3 Å². The summed E-state index contributed by atoms with van der Waals surface area (Å²) in [6.45, 7) is 6.30. The van der Waals surface area contributed by atoms with Gasteiger partial charge in [0.15, 0.2) is 5.69 Å². The number of hydrogen-bond donors (Lipinski definition) is 3. The van der Waals surface area contributed by atoms with Crippen LogP contribution in [0, 0.1) is 5.82 Å². The molecular weight excluding hydrogens is 433 g/mol. The lowest BCUT2D eigenvalue weighted by Gasteiger charge is -2.33. The smallest absolute Gasteiger partial charge is 0.410 e. The topological polar surface area (TPSA) is 126 Å². The second-order valence-corrected chi connectivity index (χ2v) is 8.63. The van der Waals surface area contributed by atoms with E-state index in [4.69, 9.17) is 9.47 Å². The molecule has 11 heteroatoms. The lowest BCUT2D eigenvalue weighted by atomic mass is 10.1. The molecule has 1 saturated heterocycles. The molecule has 0 bridgehead atoms. The monoisotopic (exact) mass is 461 g/mol. The maximum Gasteiger partial charge on any atom is 0.410 e. The highest BCUT2D eigenvalue weighted by atomic mass is 19.1. The maximum absolute atomic E-state index is 14.2. The van der Waals surface area contributed by atoms with Crippen LogP contribution >= 0.6 is 0 Å². The number of anilines is 1. The van der Waals surface area contributed by atoms with Crippen LogP contribution in [0.3, 0.4) is 0 Å². The van der Waals surface area contributed by atoms with Gasteiger partial charge in [-0.2, -0.15) is 5.10 Å². The van der Waals surface area contributed by atoms with Gasteiger partial charge in [-0.1, -0.05) is 6.07 Å². The highest BCUT2D eigenvalue weighted by molar-refractivity contribution is 6.09. The first-order chi connectivity index (χ1) is 15.6. The summed E-state index contributed by atoms with van der Waals surface area (Å²) in [5.74, 6) is -1.95. The first kappa shape index (κ1) is 24.0. The molecule has 0 saturated carbocycles. The van der Waals surface area contributed by atoms with Crippen molar-refractivity contribution in [3.8, 4) is 5.75 Å². The summed E-state index contributed by atoms with van der Waals surface area (Å²) in [6, 6.07) is 3.85. The number of H-pyrrole nitrogens is 1. The molecule has 33 heavy (non-hydrogen) atoms. The Morgan fingerprint density at radius 1 is 1.18 bits per heavy atom. The molecule has 3 N–H and O–H groups in total. The second-order valence-electron chi connectivity index (χ2n) is 8.63. The van der Waals surface area contributed by atoms with Crippen molar-refractivity contribution in [2.24, 2.45) is 0 Å². The van der Waals surface area contributed by atoms with Crippen LogP contribution in [0.4, 0.5) is 14.9 Å². The van der Waals surface area contributed by atoms with Crippen LogP contribution < -0.4 is 15.4 Å². The van der Waals surface area contributed by atoms with E-state index in [1.54, 1.807) is 25.7 Å². The van der Waals surface area contributed by atoms with Crippen molar-refractivity contribution in [1.29, 1.82) is 0 Å². The lowest BCUT2D eigenvalue weighted by molar-refractivity contribution is 0.0199. The Morgan fingerprint density at radius 2 is 1.88 bits per heavy atom. The summed E-state index contributed by atoms with van der Waals surface area (Å²) in [5.41, 5.74) is -0.778. The Balaban J connectivity index is 1.60. The number of carbonyl (C=O) groups excluding carboxylic acids is 3. The molecule has 3 amide bonds. The number of piperidine rings is 1. The summed E-state index contributed by atoms with van der Waals surface area (Å²) < 4.78 is 24.6. The zero-order chi connectivity index (χ0) is 24.2. The van der Waals surface area contributed by atoms with E-state index in [1.165, 1.54) is 25.4 Å². The van der Waals surface area contributed by atoms with Crippen molar-refractivity contribution in [1.82, 2.24) is 20.4 Å². The molecule has 10 nitrogen and oxygen atoms in total. The molecule has 1 aliphatic heterocycles. The van der Waals surface area contributed by atoms with Gasteiger partial charge in [0.1, 0.15) is 22.7 Å². The quantitative estimate of drug-likeness (QED) is 0.629. The van der Waals surface area contributed by atoms with Crippen LogP contribution in [-0.4, -0.2) is 64.8 Å². The number of aromatic nitrogens is 2. The number of ether oxygens (including phenoxy) is 2. The molecular formula is C22H28FN5O5. The number of methoxy groups -OCH3 is 1. The Kier molecular flexibility index (Phi) is 7.19. The summed E-state index contributed by atoms with van der Waals surface area (Å²) in [4.78, 5) is 39.2. The number of hydrogen-bond acceptors (Lipinski definition) is 6. The molecule has 1 aromatic carbocycles. The zero-order valence-electron chi connectivity index (χ0n) is 19.0. The normalized spacial score (nSPS) is 14.5. The van der Waals surface area contributed by atoms with Crippen LogP contribution in [0.1, 0.15) is 54.5 Å². The number of nitrogens with one attached hydrogen (secondary N) is 3. The average Bonchev–Trinajstić information content (AvgIpc) is 3.20. The molecule has 1 fully saturated rings.